The van der Waals surface area contributed by atoms with E-state index in [0.717, 1.165) is 12.0 Å². The van der Waals surface area contributed by atoms with Gasteiger partial charge in [0.2, 0.25) is 11.8 Å². The summed E-state index contributed by atoms with van der Waals surface area (Å²) in [7, 11) is 0. The van der Waals surface area contributed by atoms with Crippen LogP contribution in [0.15, 0.2) is 66.7 Å². The second-order valence-corrected chi connectivity index (χ2v) is 7.09. The Morgan fingerprint density at radius 3 is 2.50 bits per heavy atom. The highest BCUT2D eigenvalue weighted by Crippen LogP contribution is 2.21. The average Bonchev–Trinajstić information content (AvgIpc) is 3.18. The zero-order chi connectivity index (χ0) is 18.2. The Kier molecular flexibility index (Phi) is 6.50. The van der Waals surface area contributed by atoms with Crippen LogP contribution in [0.3, 0.4) is 0 Å². The van der Waals surface area contributed by atoms with Crippen LogP contribution in [-0.4, -0.2) is 40.9 Å². The van der Waals surface area contributed by atoms with Crippen molar-refractivity contribution in [1.29, 1.82) is 0 Å². The third-order valence-electron chi connectivity index (χ3n) is 4.24. The molecule has 0 radical (unpaired) electrons. The van der Waals surface area contributed by atoms with E-state index in [1.165, 1.54) is 5.56 Å². The Labute approximate surface area is 158 Å². The number of nitrogens with one attached hydrogen (secondary N) is 1. The first-order valence-electron chi connectivity index (χ1n) is 8.67. The van der Waals surface area contributed by atoms with E-state index in [0.29, 0.717) is 18.2 Å². The van der Waals surface area contributed by atoms with Crippen molar-refractivity contribution in [2.75, 3.05) is 18.2 Å². The molecule has 1 N–H and O–H groups in total. The molecule has 2 amide bonds. The summed E-state index contributed by atoms with van der Waals surface area (Å²) in [6, 6.07) is 19.3. The lowest BCUT2D eigenvalue weighted by atomic mass is 10.1. The summed E-state index contributed by atoms with van der Waals surface area (Å²) in [6.45, 7) is 0.575. The molecule has 1 unspecified atom stereocenters. The average molecular weight is 366 g/mol. The summed E-state index contributed by atoms with van der Waals surface area (Å²) >= 11 is 1.61. The monoisotopic (exact) mass is 366 g/mol. The Morgan fingerprint density at radius 1 is 1.08 bits per heavy atom. The highest BCUT2D eigenvalue weighted by Gasteiger charge is 2.33. The van der Waals surface area contributed by atoms with E-state index in [4.69, 9.17) is 0 Å². The normalized spacial score (nSPS) is 16.8. The van der Waals surface area contributed by atoms with Gasteiger partial charge in [0.15, 0.2) is 0 Å². The smallest absolute Gasteiger partial charge is 0.247 e. The molecule has 2 aromatic rings. The van der Waals surface area contributed by atoms with Gasteiger partial charge in [0.25, 0.3) is 0 Å². The van der Waals surface area contributed by atoms with E-state index in [1.807, 2.05) is 60.7 Å². The zero-order valence-electron chi connectivity index (χ0n) is 14.5. The highest BCUT2D eigenvalue weighted by atomic mass is 32.2. The first kappa shape index (κ1) is 18.3. The van der Waals surface area contributed by atoms with Gasteiger partial charge in [0.05, 0.1) is 5.88 Å². The van der Waals surface area contributed by atoms with E-state index < -0.39 is 6.04 Å². The molecule has 0 spiro atoms. The van der Waals surface area contributed by atoms with Gasteiger partial charge in [-0.2, -0.15) is 0 Å². The maximum Gasteiger partial charge on any atom is 0.247 e. The minimum absolute atomic E-state index is 0.0765. The molecule has 0 bridgehead atoms. The van der Waals surface area contributed by atoms with Gasteiger partial charge in [0.1, 0.15) is 6.04 Å². The lowest BCUT2D eigenvalue weighted by Gasteiger charge is -2.21. The van der Waals surface area contributed by atoms with Crippen LogP contribution in [0.2, 0.25) is 0 Å². The van der Waals surface area contributed by atoms with E-state index in [9.17, 15) is 9.59 Å². The highest BCUT2D eigenvalue weighted by molar-refractivity contribution is 7.99. The van der Waals surface area contributed by atoms with Crippen LogP contribution in [0.5, 0.6) is 0 Å². The van der Waals surface area contributed by atoms with Gasteiger partial charge in [0, 0.05) is 18.4 Å². The third kappa shape index (κ3) is 4.99. The van der Waals surface area contributed by atoms with Crippen molar-refractivity contribution in [3.05, 3.63) is 77.9 Å². The number of benzene rings is 2. The zero-order valence-corrected chi connectivity index (χ0v) is 15.3. The predicted molar refractivity (Wildman–Crippen MR) is 107 cm³/mol. The minimum Gasteiger partial charge on any atom is -0.354 e. The summed E-state index contributed by atoms with van der Waals surface area (Å²) < 4.78 is 0. The first-order chi connectivity index (χ1) is 12.7. The number of carbonyl (C=O) groups excluding carboxylic acids is 2. The van der Waals surface area contributed by atoms with Crippen LogP contribution < -0.4 is 5.32 Å². The summed E-state index contributed by atoms with van der Waals surface area (Å²) in [4.78, 5) is 26.6. The molecular formula is C21H22N2O2S. The van der Waals surface area contributed by atoms with Crippen molar-refractivity contribution in [1.82, 2.24) is 10.2 Å². The molecule has 1 aliphatic rings. The van der Waals surface area contributed by atoms with Crippen molar-refractivity contribution < 1.29 is 9.59 Å². The van der Waals surface area contributed by atoms with Gasteiger partial charge in [-0.3, -0.25) is 9.59 Å². The van der Waals surface area contributed by atoms with Crippen molar-refractivity contribution in [3.63, 3.8) is 0 Å². The van der Waals surface area contributed by atoms with Crippen LogP contribution in [0, 0.1) is 0 Å². The number of nitrogens with zero attached hydrogens (tertiary/aromatic N) is 1. The fraction of sp³-hybridized carbons (Fsp3) is 0.238. The van der Waals surface area contributed by atoms with Crippen LogP contribution >= 0.6 is 11.8 Å². The Bertz CT molecular complexity index is 762. The lowest BCUT2D eigenvalue weighted by Crippen LogP contribution is -2.47. The van der Waals surface area contributed by atoms with E-state index in [-0.39, 0.29) is 11.8 Å². The molecule has 2 aromatic carbocycles. The summed E-state index contributed by atoms with van der Waals surface area (Å²) in [5, 5.41) is 2.96. The maximum absolute atomic E-state index is 12.5. The predicted octanol–water partition coefficient (Wildman–Crippen LogP) is 2.96. The van der Waals surface area contributed by atoms with Gasteiger partial charge in [-0.05, 0) is 23.6 Å². The molecule has 1 aliphatic heterocycles. The van der Waals surface area contributed by atoms with Crippen molar-refractivity contribution in [2.24, 2.45) is 0 Å². The molecule has 4 nitrogen and oxygen atoms in total. The Morgan fingerprint density at radius 2 is 1.77 bits per heavy atom. The summed E-state index contributed by atoms with van der Waals surface area (Å²) in [6.07, 6.45) is 4.12. The fourth-order valence-electron chi connectivity index (χ4n) is 2.80. The second kappa shape index (κ2) is 9.25. The van der Waals surface area contributed by atoms with Gasteiger partial charge in [-0.1, -0.05) is 60.7 Å². The summed E-state index contributed by atoms with van der Waals surface area (Å²) in [5.41, 5.74) is 2.16. The van der Waals surface area contributed by atoms with Crippen molar-refractivity contribution >= 4 is 29.7 Å². The number of rotatable bonds is 6. The topological polar surface area (TPSA) is 49.4 Å². The maximum atomic E-state index is 12.5. The van der Waals surface area contributed by atoms with Gasteiger partial charge < -0.3 is 10.2 Å². The quantitative estimate of drug-likeness (QED) is 0.800. The van der Waals surface area contributed by atoms with Crippen LogP contribution in [0.25, 0.3) is 6.08 Å². The number of hydrogen-bond acceptors (Lipinski definition) is 3. The molecule has 0 aromatic heterocycles. The van der Waals surface area contributed by atoms with E-state index in [1.54, 1.807) is 28.8 Å². The molecular weight excluding hydrogens is 344 g/mol. The molecule has 0 aliphatic carbocycles. The number of thioether (sulfide) groups is 1. The van der Waals surface area contributed by atoms with E-state index in [2.05, 4.69) is 5.32 Å². The summed E-state index contributed by atoms with van der Waals surface area (Å²) in [5.74, 6) is 0.992. The van der Waals surface area contributed by atoms with Crippen molar-refractivity contribution in [2.45, 2.75) is 12.5 Å². The molecule has 1 atom stereocenters. The molecule has 1 saturated heterocycles. The van der Waals surface area contributed by atoms with Crippen molar-refractivity contribution in [3.8, 4) is 0 Å². The molecule has 134 valence electrons. The number of hydrogen-bond donors (Lipinski definition) is 1. The van der Waals surface area contributed by atoms with Gasteiger partial charge in [-0.15, -0.1) is 11.8 Å². The molecule has 3 rings (SSSR count). The van der Waals surface area contributed by atoms with Gasteiger partial charge in [-0.25, -0.2) is 0 Å². The second-order valence-electron chi connectivity index (χ2n) is 6.09. The minimum atomic E-state index is -0.399. The number of carbonyl (C=O) groups is 2. The molecule has 0 saturated carbocycles. The largest absolute Gasteiger partial charge is 0.354 e. The Hall–Kier alpha value is -2.53. The van der Waals surface area contributed by atoms with Crippen LogP contribution in [-0.2, 0) is 16.0 Å². The standard InChI is InChI=1S/C21H22N2O2S/c24-20(12-11-17-7-3-1-4-8-17)23-16-26-15-19(23)21(25)22-14-13-18-9-5-2-6-10-18/h1-12,19H,13-16H2,(H,22,25). The van der Waals surface area contributed by atoms with Crippen LogP contribution in [0.4, 0.5) is 0 Å². The lowest BCUT2D eigenvalue weighted by molar-refractivity contribution is -0.134. The number of amides is 2. The molecule has 1 heterocycles. The Balaban J connectivity index is 1.52. The van der Waals surface area contributed by atoms with Gasteiger partial charge >= 0.3 is 0 Å². The third-order valence-corrected chi connectivity index (χ3v) is 5.25. The molecule has 5 heteroatoms. The first-order valence-corrected chi connectivity index (χ1v) is 9.82. The molecule has 1 fully saturated rings. The molecule has 26 heavy (non-hydrogen) atoms. The fourth-order valence-corrected chi connectivity index (χ4v) is 3.96. The van der Waals surface area contributed by atoms with E-state index >= 15 is 0 Å². The SMILES string of the molecule is O=C(NCCc1ccccc1)C1CSCN1C(=O)C=Cc1ccccc1. The van der Waals surface area contributed by atoms with Crippen LogP contribution in [0.1, 0.15) is 11.1 Å².